The quantitative estimate of drug-likeness (QED) is 0.224. The Morgan fingerprint density at radius 2 is 1.78 bits per heavy atom. The van der Waals surface area contributed by atoms with E-state index in [0.29, 0.717) is 11.3 Å². The molecule has 3 aromatic carbocycles. The Bertz CT molecular complexity index is 1860. The molecule has 4 aromatic rings. The lowest BCUT2D eigenvalue weighted by Gasteiger charge is -2.31. The van der Waals surface area contributed by atoms with Crippen LogP contribution in [0.5, 0.6) is 0 Å². The number of benzene rings is 2. The van der Waals surface area contributed by atoms with Crippen molar-refractivity contribution in [1.82, 2.24) is 0 Å². The summed E-state index contributed by atoms with van der Waals surface area (Å²) in [4.78, 5) is 52.2. The van der Waals surface area contributed by atoms with Gasteiger partial charge in [-0.2, -0.15) is 5.26 Å². The van der Waals surface area contributed by atoms with E-state index in [4.69, 9.17) is 27.6 Å². The molecule has 208 valence electrons. The third-order valence-corrected chi connectivity index (χ3v) is 7.44. The summed E-state index contributed by atoms with van der Waals surface area (Å²) in [6.45, 7) is 5.70. The van der Waals surface area contributed by atoms with E-state index in [1.165, 1.54) is 35.2 Å². The molecule has 0 fully saturated rings. The lowest BCUT2D eigenvalue weighted by atomic mass is 9.85. The second kappa shape index (κ2) is 10.1. The number of furan rings is 1. The molecule has 0 saturated carbocycles. The Labute approximate surface area is 243 Å². The molecule has 1 atom stereocenters. The fourth-order valence-corrected chi connectivity index (χ4v) is 5.19. The van der Waals surface area contributed by atoms with Crippen LogP contribution in [0.3, 0.4) is 0 Å². The van der Waals surface area contributed by atoms with Gasteiger partial charge in [0.05, 0.1) is 46.7 Å². The van der Waals surface area contributed by atoms with Crippen LogP contribution in [-0.4, -0.2) is 17.0 Å². The third kappa shape index (κ3) is 4.84. The van der Waals surface area contributed by atoms with Crippen LogP contribution in [0.2, 0.25) is 10.2 Å². The van der Waals surface area contributed by atoms with Gasteiger partial charge < -0.3 is 25.1 Å². The highest BCUT2D eigenvalue weighted by Gasteiger charge is 2.37. The van der Waals surface area contributed by atoms with Crippen molar-refractivity contribution in [2.45, 2.75) is 33.4 Å². The number of rotatable bonds is 7. The molecule has 2 heterocycles. The predicted molar refractivity (Wildman–Crippen MR) is 154 cm³/mol. The van der Waals surface area contributed by atoms with E-state index >= 15 is 0 Å². The minimum atomic E-state index is -1.27. The van der Waals surface area contributed by atoms with Crippen LogP contribution < -0.4 is 26.4 Å². The first kappa shape index (κ1) is 28.0. The Balaban J connectivity index is 1.53. The molecule has 0 saturated heterocycles. The van der Waals surface area contributed by atoms with Crippen molar-refractivity contribution in [3.05, 3.63) is 101 Å². The third-order valence-electron chi connectivity index (χ3n) is 6.88. The molecule has 12 heteroatoms. The summed E-state index contributed by atoms with van der Waals surface area (Å²) >= 11 is 12.4. The average Bonchev–Trinajstić information content (AvgIpc) is 3.51. The number of hydrogen-bond donors (Lipinski definition) is 3. The largest absolute Gasteiger partial charge is 0.478 e. The van der Waals surface area contributed by atoms with Crippen molar-refractivity contribution in [1.29, 1.82) is 5.26 Å². The predicted octanol–water partition coefficient (Wildman–Crippen LogP) is 5.86. The number of carboxylic acid groups (broad SMARTS) is 1. The van der Waals surface area contributed by atoms with Crippen molar-refractivity contribution in [2.75, 3.05) is 15.5 Å². The van der Waals surface area contributed by atoms with Crippen LogP contribution >= 0.6 is 23.2 Å². The maximum absolute atomic E-state index is 13.7. The number of nitriles is 1. The molecule has 0 radical (unpaired) electrons. The fraction of sp³-hybridized carbons (Fsp3) is 0.207. The number of anilines is 4. The van der Waals surface area contributed by atoms with Crippen LogP contribution in [0, 0.1) is 16.7 Å². The summed E-state index contributed by atoms with van der Waals surface area (Å²) in [6.07, 6.45) is 0. The molecule has 0 unspecified atom stereocenters. The first-order valence-electron chi connectivity index (χ1n) is 12.3. The van der Waals surface area contributed by atoms with Gasteiger partial charge in [0.15, 0.2) is 5.22 Å². The molecule has 0 aliphatic carbocycles. The number of nitrogens with zero attached hydrogens (tertiary/aromatic N) is 2. The molecule has 41 heavy (non-hydrogen) atoms. The maximum atomic E-state index is 13.7. The van der Waals surface area contributed by atoms with E-state index in [1.54, 1.807) is 12.1 Å². The summed E-state index contributed by atoms with van der Waals surface area (Å²) in [5, 5.41) is 25.5. The molecular formula is C29H22Cl2N4O6. The molecule has 5 rings (SSSR count). The highest BCUT2D eigenvalue weighted by molar-refractivity contribution is 6.33. The molecule has 0 bridgehead atoms. The topological polar surface area (TPSA) is 153 Å². The Kier molecular flexibility index (Phi) is 6.89. The standard InChI is InChI=1S/C29H22Cl2N4O6/c1-29(2,3)26(19-8-9-20(31)41-19)34-23-22(24(36)25(23)37)33-17-7-6-16(30)15-12-35(27(38)21(15)17)18-10-13(11-32)4-5-14(18)28(39)40/h4-10,26,33-34H,12H2,1-3H3,(H,39,40)/t26-/m0/s1. The van der Waals surface area contributed by atoms with Gasteiger partial charge in [0.2, 0.25) is 0 Å². The Morgan fingerprint density at radius 3 is 2.39 bits per heavy atom. The van der Waals surface area contributed by atoms with E-state index in [0.717, 1.165) is 0 Å². The van der Waals surface area contributed by atoms with Gasteiger partial charge in [-0.3, -0.25) is 14.4 Å². The number of halogens is 2. The van der Waals surface area contributed by atoms with Crippen LogP contribution in [0.15, 0.2) is 56.5 Å². The number of hydrogen-bond acceptors (Lipinski definition) is 8. The number of aromatic carboxylic acids is 1. The number of carboxylic acids is 1. The van der Waals surface area contributed by atoms with E-state index in [1.807, 2.05) is 26.8 Å². The molecular weight excluding hydrogens is 571 g/mol. The van der Waals surface area contributed by atoms with E-state index in [-0.39, 0.29) is 56.2 Å². The van der Waals surface area contributed by atoms with Gasteiger partial charge in [-0.25, -0.2) is 4.79 Å². The van der Waals surface area contributed by atoms with Crippen LogP contribution in [0.1, 0.15) is 64.4 Å². The van der Waals surface area contributed by atoms with Crippen molar-refractivity contribution < 1.29 is 19.1 Å². The minimum Gasteiger partial charge on any atom is -0.478 e. The van der Waals surface area contributed by atoms with Crippen LogP contribution in [0.4, 0.5) is 22.7 Å². The normalized spacial score (nSPS) is 13.7. The van der Waals surface area contributed by atoms with Gasteiger partial charge in [0.25, 0.3) is 16.8 Å². The van der Waals surface area contributed by atoms with Crippen molar-refractivity contribution in [3.8, 4) is 6.07 Å². The molecule has 1 aliphatic rings. The number of amides is 1. The van der Waals surface area contributed by atoms with E-state index < -0.39 is 34.2 Å². The van der Waals surface area contributed by atoms with Gasteiger partial charge >= 0.3 is 5.97 Å². The first-order valence-corrected chi connectivity index (χ1v) is 13.1. The van der Waals surface area contributed by atoms with Crippen LogP contribution in [-0.2, 0) is 6.54 Å². The van der Waals surface area contributed by atoms with Crippen molar-refractivity contribution in [3.63, 3.8) is 0 Å². The van der Waals surface area contributed by atoms with Crippen molar-refractivity contribution in [2.24, 2.45) is 5.41 Å². The summed E-state index contributed by atoms with van der Waals surface area (Å²) in [5.41, 5.74) is -1.27. The van der Waals surface area contributed by atoms with Crippen molar-refractivity contribution >= 4 is 57.8 Å². The minimum absolute atomic E-state index is 0.0170. The number of nitrogens with one attached hydrogen (secondary N) is 2. The SMILES string of the molecule is CC(C)(C)[C@@H](Nc1c(Nc2ccc(Cl)c3c2C(=O)N(c2cc(C#N)ccc2C(=O)O)C3)c(=O)c1=O)c1ccc(Cl)o1. The maximum Gasteiger partial charge on any atom is 0.337 e. The summed E-state index contributed by atoms with van der Waals surface area (Å²) in [6, 6.07) is 11.6. The van der Waals surface area contributed by atoms with Gasteiger partial charge in [0, 0.05) is 10.6 Å². The lowest BCUT2D eigenvalue weighted by molar-refractivity contribution is 0.0697. The summed E-state index contributed by atoms with van der Waals surface area (Å²) in [5.74, 6) is -1.40. The average molecular weight is 593 g/mol. The number of carbonyl (C=O) groups is 2. The summed E-state index contributed by atoms with van der Waals surface area (Å²) in [7, 11) is 0. The summed E-state index contributed by atoms with van der Waals surface area (Å²) < 4.78 is 5.58. The van der Waals surface area contributed by atoms with E-state index in [2.05, 4.69) is 10.6 Å². The second-order valence-corrected chi connectivity index (χ2v) is 11.4. The molecule has 1 amide bonds. The highest BCUT2D eigenvalue weighted by atomic mass is 35.5. The molecule has 1 aromatic heterocycles. The molecule has 1 aliphatic heterocycles. The number of carbonyl (C=O) groups excluding carboxylic acids is 1. The van der Waals surface area contributed by atoms with Gasteiger partial charge in [-0.1, -0.05) is 32.4 Å². The fourth-order valence-electron chi connectivity index (χ4n) is 4.82. The van der Waals surface area contributed by atoms with Gasteiger partial charge in [0.1, 0.15) is 17.1 Å². The van der Waals surface area contributed by atoms with Gasteiger partial charge in [-0.05, 0) is 59.5 Å². The Hall–Kier alpha value is -4.59. The van der Waals surface area contributed by atoms with Crippen LogP contribution in [0.25, 0.3) is 0 Å². The second-order valence-electron chi connectivity index (χ2n) is 10.6. The van der Waals surface area contributed by atoms with E-state index in [9.17, 15) is 29.5 Å². The zero-order chi connectivity index (χ0) is 29.8. The molecule has 3 N–H and O–H groups in total. The molecule has 10 nitrogen and oxygen atoms in total. The monoisotopic (exact) mass is 592 g/mol. The smallest absolute Gasteiger partial charge is 0.337 e. The lowest BCUT2D eigenvalue weighted by Crippen LogP contribution is -2.39. The van der Waals surface area contributed by atoms with Gasteiger partial charge in [-0.15, -0.1) is 0 Å². The first-order chi connectivity index (χ1) is 19.3. The number of fused-ring (bicyclic) bond motifs is 1. The zero-order valence-corrected chi connectivity index (χ0v) is 23.5. The molecule has 0 spiro atoms. The highest BCUT2D eigenvalue weighted by Crippen LogP contribution is 2.41. The zero-order valence-electron chi connectivity index (χ0n) is 22.0. The Morgan fingerprint density at radius 1 is 1.07 bits per heavy atom.